The maximum Gasteiger partial charge on any atom is 0.223 e. The largest absolute Gasteiger partial charge is 0.396 e. The summed E-state index contributed by atoms with van der Waals surface area (Å²) in [6.45, 7) is 1.97. The van der Waals surface area contributed by atoms with Crippen molar-refractivity contribution in [1.82, 2.24) is 4.90 Å². The first kappa shape index (κ1) is 16.4. The van der Waals surface area contributed by atoms with Gasteiger partial charge in [-0.15, -0.1) is 0 Å². The number of hydrogen-bond acceptors (Lipinski definition) is 5. The fraction of sp³-hybridized carbons (Fsp3) is 0.562. The molecule has 0 unspecified atom stereocenters. The third-order valence-electron chi connectivity index (χ3n) is 4.88. The second kappa shape index (κ2) is 6.22. The van der Waals surface area contributed by atoms with E-state index in [-0.39, 0.29) is 40.9 Å². The van der Waals surface area contributed by atoms with Crippen molar-refractivity contribution in [2.24, 2.45) is 11.3 Å². The molecule has 2 saturated heterocycles. The lowest BCUT2D eigenvalue weighted by atomic mass is 9.82. The minimum Gasteiger partial charge on any atom is -0.396 e. The molecule has 0 saturated carbocycles. The van der Waals surface area contributed by atoms with Crippen LogP contribution < -0.4 is 0 Å². The maximum atomic E-state index is 12.4. The van der Waals surface area contributed by atoms with Crippen LogP contribution in [0.15, 0.2) is 35.2 Å². The Balaban J connectivity index is 1.61. The number of carbonyl (C=O) groups excluding carboxylic acids is 1. The first-order chi connectivity index (χ1) is 11.0. The molecular weight excluding hydrogens is 318 g/mol. The first-order valence-electron chi connectivity index (χ1n) is 7.71. The number of hydrogen-bond donors (Lipinski definition) is 1. The molecular formula is C16H21NO5S. The van der Waals surface area contributed by atoms with Crippen LogP contribution in [0.1, 0.15) is 6.42 Å². The van der Waals surface area contributed by atoms with Gasteiger partial charge in [0.15, 0.2) is 9.84 Å². The van der Waals surface area contributed by atoms with E-state index < -0.39 is 9.84 Å². The monoisotopic (exact) mass is 339 g/mol. The standard InChI is InChI=1S/C16H21NO5S/c18-11-16-10-17(8-13(16)9-22-12-16)15(19)6-7-23(20,21)14-4-2-1-3-5-14/h1-5,13,18H,6-12H2/t13-,16-/m0/s1. The van der Waals surface area contributed by atoms with Crippen LogP contribution in [0.4, 0.5) is 0 Å². The molecule has 1 amide bonds. The van der Waals surface area contributed by atoms with Gasteiger partial charge >= 0.3 is 0 Å². The third-order valence-corrected chi connectivity index (χ3v) is 6.61. The second-order valence-corrected chi connectivity index (χ2v) is 8.50. The van der Waals surface area contributed by atoms with E-state index in [0.29, 0.717) is 26.3 Å². The Morgan fingerprint density at radius 1 is 1.35 bits per heavy atom. The first-order valence-corrected chi connectivity index (χ1v) is 9.36. The molecule has 0 aliphatic carbocycles. The average molecular weight is 339 g/mol. The van der Waals surface area contributed by atoms with Crippen molar-refractivity contribution < 1.29 is 23.1 Å². The molecule has 23 heavy (non-hydrogen) atoms. The predicted octanol–water partition coefficient (Wildman–Crippen LogP) is 0.318. The number of likely N-dealkylation sites (tertiary alicyclic amines) is 1. The molecule has 2 fully saturated rings. The van der Waals surface area contributed by atoms with E-state index in [0.717, 1.165) is 0 Å². The number of fused-ring (bicyclic) bond motifs is 1. The summed E-state index contributed by atoms with van der Waals surface area (Å²) in [5.74, 6) is -0.228. The Morgan fingerprint density at radius 2 is 2.09 bits per heavy atom. The molecule has 0 radical (unpaired) electrons. The van der Waals surface area contributed by atoms with Gasteiger partial charge in [0.05, 0.1) is 30.5 Å². The highest BCUT2D eigenvalue weighted by Crippen LogP contribution is 2.40. The van der Waals surface area contributed by atoms with Crippen LogP contribution in [0, 0.1) is 11.3 Å². The molecule has 2 aliphatic heterocycles. The molecule has 7 heteroatoms. The zero-order valence-electron chi connectivity index (χ0n) is 12.8. The molecule has 1 aromatic rings. The van der Waals surface area contributed by atoms with Crippen molar-refractivity contribution in [3.63, 3.8) is 0 Å². The van der Waals surface area contributed by atoms with Gasteiger partial charge in [0.1, 0.15) is 0 Å². The summed E-state index contributed by atoms with van der Waals surface area (Å²) in [6.07, 6.45) is -0.0354. The van der Waals surface area contributed by atoms with Crippen LogP contribution in [0.3, 0.4) is 0 Å². The minimum atomic E-state index is -3.45. The van der Waals surface area contributed by atoms with Crippen LogP contribution in [0.25, 0.3) is 0 Å². The molecule has 2 atom stereocenters. The van der Waals surface area contributed by atoms with E-state index in [2.05, 4.69) is 0 Å². The van der Waals surface area contributed by atoms with Gasteiger partial charge in [-0.05, 0) is 12.1 Å². The van der Waals surface area contributed by atoms with E-state index in [1.54, 1.807) is 23.1 Å². The van der Waals surface area contributed by atoms with Crippen molar-refractivity contribution in [2.75, 3.05) is 38.7 Å². The quantitative estimate of drug-likeness (QED) is 0.835. The Kier molecular flexibility index (Phi) is 4.44. The van der Waals surface area contributed by atoms with Crippen molar-refractivity contribution in [3.8, 4) is 0 Å². The van der Waals surface area contributed by atoms with Gasteiger partial charge in [0.25, 0.3) is 0 Å². The summed E-state index contributed by atoms with van der Waals surface area (Å²) < 4.78 is 29.9. The molecule has 3 rings (SSSR count). The molecule has 0 bridgehead atoms. The summed E-state index contributed by atoms with van der Waals surface area (Å²) in [5.41, 5.74) is -0.367. The number of aliphatic hydroxyl groups excluding tert-OH is 1. The molecule has 1 aromatic carbocycles. The number of benzene rings is 1. The van der Waals surface area contributed by atoms with E-state index in [4.69, 9.17) is 4.74 Å². The maximum absolute atomic E-state index is 12.4. The molecule has 126 valence electrons. The van der Waals surface area contributed by atoms with Crippen LogP contribution in [-0.2, 0) is 19.4 Å². The third kappa shape index (κ3) is 3.13. The van der Waals surface area contributed by atoms with Gasteiger partial charge < -0.3 is 14.7 Å². The Morgan fingerprint density at radius 3 is 2.74 bits per heavy atom. The van der Waals surface area contributed by atoms with Crippen molar-refractivity contribution in [1.29, 1.82) is 0 Å². The fourth-order valence-electron chi connectivity index (χ4n) is 3.37. The molecule has 2 aliphatic rings. The van der Waals surface area contributed by atoms with Gasteiger partial charge in [-0.1, -0.05) is 18.2 Å². The fourth-order valence-corrected chi connectivity index (χ4v) is 4.62. The number of nitrogens with zero attached hydrogens (tertiary/aromatic N) is 1. The lowest BCUT2D eigenvalue weighted by molar-refractivity contribution is -0.130. The lowest BCUT2D eigenvalue weighted by Gasteiger charge is -2.24. The van der Waals surface area contributed by atoms with Crippen LogP contribution in [-0.4, -0.2) is 63.0 Å². The highest BCUT2D eigenvalue weighted by atomic mass is 32.2. The van der Waals surface area contributed by atoms with E-state index in [1.165, 1.54) is 12.1 Å². The summed E-state index contributed by atoms with van der Waals surface area (Å²) in [6, 6.07) is 8.17. The normalized spacial score (nSPS) is 27.2. The molecule has 0 spiro atoms. The average Bonchev–Trinajstić information content (AvgIpc) is 3.11. The van der Waals surface area contributed by atoms with Crippen molar-refractivity contribution in [2.45, 2.75) is 11.3 Å². The molecule has 2 heterocycles. The second-order valence-electron chi connectivity index (χ2n) is 6.39. The van der Waals surface area contributed by atoms with E-state index >= 15 is 0 Å². The van der Waals surface area contributed by atoms with Crippen molar-refractivity contribution in [3.05, 3.63) is 30.3 Å². The highest BCUT2D eigenvalue weighted by molar-refractivity contribution is 7.91. The topological polar surface area (TPSA) is 83.9 Å². The van der Waals surface area contributed by atoms with Gasteiger partial charge in [-0.3, -0.25) is 4.79 Å². The van der Waals surface area contributed by atoms with E-state index in [9.17, 15) is 18.3 Å². The van der Waals surface area contributed by atoms with Crippen LogP contribution >= 0.6 is 0 Å². The van der Waals surface area contributed by atoms with Gasteiger partial charge in [-0.2, -0.15) is 0 Å². The molecule has 0 aromatic heterocycles. The van der Waals surface area contributed by atoms with Crippen molar-refractivity contribution >= 4 is 15.7 Å². The predicted molar refractivity (Wildman–Crippen MR) is 83.5 cm³/mol. The number of ether oxygens (including phenoxy) is 1. The minimum absolute atomic E-state index is 0.0102. The van der Waals surface area contributed by atoms with Gasteiger partial charge in [0.2, 0.25) is 5.91 Å². The summed E-state index contributed by atoms with van der Waals surface area (Å²) in [5, 5.41) is 9.62. The zero-order chi connectivity index (χ0) is 16.5. The number of amides is 1. The summed E-state index contributed by atoms with van der Waals surface area (Å²) >= 11 is 0. The lowest BCUT2D eigenvalue weighted by Crippen LogP contribution is -2.36. The van der Waals surface area contributed by atoms with Crippen LogP contribution in [0.2, 0.25) is 0 Å². The molecule has 6 nitrogen and oxygen atoms in total. The summed E-state index contributed by atoms with van der Waals surface area (Å²) in [4.78, 5) is 14.3. The van der Waals surface area contributed by atoms with E-state index in [1.807, 2.05) is 0 Å². The SMILES string of the molecule is O=C(CCS(=O)(=O)c1ccccc1)N1C[C@H]2COC[C@@]2(CO)C1. The Hall–Kier alpha value is -1.44. The summed E-state index contributed by atoms with van der Waals surface area (Å²) in [7, 11) is -3.45. The Labute approximate surface area is 136 Å². The zero-order valence-corrected chi connectivity index (χ0v) is 13.7. The number of aliphatic hydroxyl groups is 1. The van der Waals surface area contributed by atoms with Gasteiger partial charge in [0, 0.05) is 30.8 Å². The number of sulfone groups is 1. The Bertz CT molecular complexity index is 675. The molecule has 1 N–H and O–H groups in total. The smallest absolute Gasteiger partial charge is 0.223 e. The number of rotatable bonds is 5. The van der Waals surface area contributed by atoms with Gasteiger partial charge in [-0.25, -0.2) is 8.42 Å². The highest BCUT2D eigenvalue weighted by Gasteiger charge is 2.51. The number of carbonyl (C=O) groups is 1. The van der Waals surface area contributed by atoms with Crippen LogP contribution in [0.5, 0.6) is 0 Å².